The van der Waals surface area contributed by atoms with Gasteiger partial charge in [-0.1, -0.05) is 30.3 Å². The Morgan fingerprint density at radius 2 is 1.83 bits per heavy atom. The van der Waals surface area contributed by atoms with Crippen LogP contribution in [0.3, 0.4) is 0 Å². The molecule has 0 saturated carbocycles. The predicted molar refractivity (Wildman–Crippen MR) is 108 cm³/mol. The van der Waals surface area contributed by atoms with Gasteiger partial charge in [-0.15, -0.1) is 5.10 Å². The van der Waals surface area contributed by atoms with Crippen LogP contribution in [0.4, 0.5) is 5.69 Å². The average Bonchev–Trinajstić information content (AvgIpc) is 3.44. The van der Waals surface area contributed by atoms with Crippen LogP contribution in [0.25, 0.3) is 5.69 Å². The molecular weight excluding hydrogens is 384 g/mol. The first-order chi connectivity index (χ1) is 14.7. The summed E-state index contributed by atoms with van der Waals surface area (Å²) in [5.41, 5.74) is 1.55. The number of hydrogen-bond acceptors (Lipinski definition) is 6. The highest BCUT2D eigenvalue weighted by Crippen LogP contribution is 2.31. The maximum Gasteiger partial charge on any atom is 0.277 e. The second-order valence-electron chi connectivity index (χ2n) is 6.76. The van der Waals surface area contributed by atoms with Crippen molar-refractivity contribution in [2.24, 2.45) is 0 Å². The van der Waals surface area contributed by atoms with E-state index in [0.29, 0.717) is 18.8 Å². The fourth-order valence-electron chi connectivity index (χ4n) is 3.14. The molecule has 0 spiro atoms. The Bertz CT molecular complexity index is 1170. The van der Waals surface area contributed by atoms with Crippen molar-refractivity contribution in [2.45, 2.75) is 12.6 Å². The highest BCUT2D eigenvalue weighted by molar-refractivity contribution is 6.02. The highest BCUT2D eigenvalue weighted by Gasteiger charge is 2.21. The van der Waals surface area contributed by atoms with E-state index in [1.807, 2.05) is 54.6 Å². The van der Waals surface area contributed by atoms with Gasteiger partial charge in [-0.25, -0.2) is 0 Å². The number of fused-ring (bicyclic) bond motifs is 1. The molecule has 5 rings (SSSR count). The number of ether oxygens (including phenoxy) is 2. The minimum Gasteiger partial charge on any atom is -0.486 e. The molecule has 1 N–H and O–H groups in total. The lowest BCUT2D eigenvalue weighted by atomic mass is 10.2. The molecule has 9 heteroatoms. The van der Waals surface area contributed by atoms with E-state index >= 15 is 0 Å². The Hall–Kier alpha value is -4.14. The molecule has 1 unspecified atom stereocenters. The van der Waals surface area contributed by atoms with E-state index in [4.69, 9.17) is 9.47 Å². The van der Waals surface area contributed by atoms with Gasteiger partial charge in [-0.3, -0.25) is 9.48 Å². The summed E-state index contributed by atoms with van der Waals surface area (Å²) in [4.78, 5) is 13.9. The summed E-state index contributed by atoms with van der Waals surface area (Å²) in [6, 6.07) is 17.0. The first kappa shape index (κ1) is 17.9. The molecule has 1 amide bonds. The Morgan fingerprint density at radius 1 is 1.03 bits per heavy atom. The highest BCUT2D eigenvalue weighted by atomic mass is 16.6. The van der Waals surface area contributed by atoms with Crippen molar-refractivity contribution in [1.82, 2.24) is 24.8 Å². The third-order valence-electron chi connectivity index (χ3n) is 4.56. The lowest BCUT2D eigenvalue weighted by Crippen LogP contribution is -2.33. The SMILES string of the molecule is O=C(Nc1cnn(CC2COc3ccccc3O2)c1)c1cnn(-c2ccccc2)n1. The van der Waals surface area contributed by atoms with Crippen molar-refractivity contribution in [1.29, 1.82) is 0 Å². The van der Waals surface area contributed by atoms with Crippen LogP contribution >= 0.6 is 0 Å². The minimum atomic E-state index is -0.358. The van der Waals surface area contributed by atoms with Crippen molar-refractivity contribution >= 4 is 11.6 Å². The van der Waals surface area contributed by atoms with Crippen LogP contribution in [0.15, 0.2) is 73.2 Å². The quantitative estimate of drug-likeness (QED) is 0.551. The molecule has 30 heavy (non-hydrogen) atoms. The molecule has 4 aromatic rings. The van der Waals surface area contributed by atoms with E-state index in [0.717, 1.165) is 17.2 Å². The molecule has 0 fully saturated rings. The normalized spacial score (nSPS) is 15.0. The summed E-state index contributed by atoms with van der Waals surface area (Å²) in [6.07, 6.45) is 4.58. The number of amides is 1. The monoisotopic (exact) mass is 402 g/mol. The van der Waals surface area contributed by atoms with Crippen molar-refractivity contribution in [3.63, 3.8) is 0 Å². The maximum absolute atomic E-state index is 12.5. The smallest absolute Gasteiger partial charge is 0.277 e. The lowest BCUT2D eigenvalue weighted by Gasteiger charge is -2.26. The Balaban J connectivity index is 1.21. The second-order valence-corrected chi connectivity index (χ2v) is 6.76. The average molecular weight is 402 g/mol. The Morgan fingerprint density at radius 3 is 2.70 bits per heavy atom. The van der Waals surface area contributed by atoms with E-state index in [1.165, 1.54) is 11.0 Å². The molecule has 3 heterocycles. The van der Waals surface area contributed by atoms with Gasteiger partial charge in [-0.05, 0) is 24.3 Å². The molecule has 0 radical (unpaired) electrons. The molecule has 2 aromatic heterocycles. The van der Waals surface area contributed by atoms with E-state index in [9.17, 15) is 4.79 Å². The van der Waals surface area contributed by atoms with Crippen molar-refractivity contribution in [3.05, 3.63) is 78.9 Å². The van der Waals surface area contributed by atoms with Gasteiger partial charge in [0.05, 0.1) is 30.3 Å². The van der Waals surface area contributed by atoms with Crippen molar-refractivity contribution < 1.29 is 14.3 Å². The van der Waals surface area contributed by atoms with E-state index in [2.05, 4.69) is 20.6 Å². The molecule has 1 aliphatic rings. The van der Waals surface area contributed by atoms with Gasteiger partial charge in [0.2, 0.25) is 0 Å². The molecule has 0 bridgehead atoms. The van der Waals surface area contributed by atoms with E-state index in [-0.39, 0.29) is 17.7 Å². The first-order valence-electron chi connectivity index (χ1n) is 9.45. The summed E-state index contributed by atoms with van der Waals surface area (Å²) in [5, 5.41) is 15.4. The van der Waals surface area contributed by atoms with Crippen LogP contribution in [0, 0.1) is 0 Å². The van der Waals surface area contributed by atoms with Crippen LogP contribution in [-0.2, 0) is 6.54 Å². The van der Waals surface area contributed by atoms with Gasteiger partial charge in [0.15, 0.2) is 23.3 Å². The number of anilines is 1. The van der Waals surface area contributed by atoms with Crippen LogP contribution in [0.2, 0.25) is 0 Å². The maximum atomic E-state index is 12.5. The number of hydrogen-bond donors (Lipinski definition) is 1. The van der Waals surface area contributed by atoms with Gasteiger partial charge >= 0.3 is 0 Å². The number of carbonyl (C=O) groups is 1. The van der Waals surface area contributed by atoms with Crippen molar-refractivity contribution in [3.8, 4) is 17.2 Å². The fourth-order valence-corrected chi connectivity index (χ4v) is 3.14. The number of aromatic nitrogens is 5. The van der Waals surface area contributed by atoms with Gasteiger partial charge in [0.25, 0.3) is 5.91 Å². The van der Waals surface area contributed by atoms with Crippen LogP contribution in [-0.4, -0.2) is 43.4 Å². The zero-order valence-electron chi connectivity index (χ0n) is 15.9. The zero-order valence-corrected chi connectivity index (χ0v) is 15.9. The minimum absolute atomic E-state index is 0.172. The largest absolute Gasteiger partial charge is 0.486 e. The summed E-state index contributed by atoms with van der Waals surface area (Å²) in [7, 11) is 0. The third-order valence-corrected chi connectivity index (χ3v) is 4.56. The Labute approximate surface area is 171 Å². The number of carbonyl (C=O) groups excluding carboxylic acids is 1. The first-order valence-corrected chi connectivity index (χ1v) is 9.45. The lowest BCUT2D eigenvalue weighted by molar-refractivity contribution is 0.0759. The molecule has 150 valence electrons. The number of nitrogens with zero attached hydrogens (tertiary/aromatic N) is 5. The standard InChI is InChI=1S/C21H18N6O3/c28-21(18-11-23-27(25-18)16-6-2-1-3-7-16)24-15-10-22-26(12-15)13-17-14-29-19-8-4-5-9-20(19)30-17/h1-12,17H,13-14H2,(H,24,28). The summed E-state index contributed by atoms with van der Waals surface area (Å²) in [6.45, 7) is 0.926. The number of benzene rings is 2. The molecule has 0 aliphatic carbocycles. The second kappa shape index (κ2) is 7.70. The van der Waals surface area contributed by atoms with Gasteiger partial charge in [0.1, 0.15) is 6.61 Å². The molecule has 1 atom stereocenters. The van der Waals surface area contributed by atoms with Gasteiger partial charge in [0, 0.05) is 6.20 Å². The summed E-state index contributed by atoms with van der Waals surface area (Å²) in [5.74, 6) is 1.10. The van der Waals surface area contributed by atoms with Crippen LogP contribution in [0.1, 0.15) is 10.5 Å². The van der Waals surface area contributed by atoms with Crippen LogP contribution < -0.4 is 14.8 Å². The number of nitrogens with one attached hydrogen (secondary N) is 1. The van der Waals surface area contributed by atoms with E-state index in [1.54, 1.807) is 17.1 Å². The summed E-state index contributed by atoms with van der Waals surface area (Å²) >= 11 is 0. The third kappa shape index (κ3) is 3.72. The summed E-state index contributed by atoms with van der Waals surface area (Å²) < 4.78 is 13.4. The molecule has 0 saturated heterocycles. The molecule has 9 nitrogen and oxygen atoms in total. The zero-order chi connectivity index (χ0) is 20.3. The molecular formula is C21H18N6O3. The number of rotatable bonds is 5. The Kier molecular flexibility index (Phi) is 4.60. The molecule has 2 aromatic carbocycles. The van der Waals surface area contributed by atoms with Gasteiger partial charge in [-0.2, -0.15) is 15.0 Å². The van der Waals surface area contributed by atoms with E-state index < -0.39 is 0 Å². The topological polar surface area (TPSA) is 96.1 Å². The molecule has 1 aliphatic heterocycles. The van der Waals surface area contributed by atoms with Gasteiger partial charge < -0.3 is 14.8 Å². The van der Waals surface area contributed by atoms with Crippen molar-refractivity contribution in [2.75, 3.05) is 11.9 Å². The number of para-hydroxylation sites is 3. The fraction of sp³-hybridized carbons (Fsp3) is 0.143. The predicted octanol–water partition coefficient (Wildman–Crippen LogP) is 2.56. The van der Waals surface area contributed by atoms with Crippen LogP contribution in [0.5, 0.6) is 11.5 Å².